The Labute approximate surface area is 129 Å². The van der Waals surface area contributed by atoms with Crippen LogP contribution >= 0.6 is 0 Å². The van der Waals surface area contributed by atoms with Gasteiger partial charge in [-0.3, -0.25) is 4.79 Å². The molecule has 114 valence electrons. The van der Waals surface area contributed by atoms with Crippen LogP contribution in [0.2, 0.25) is 0 Å². The van der Waals surface area contributed by atoms with Gasteiger partial charge in [0.1, 0.15) is 11.6 Å². The zero-order valence-corrected chi connectivity index (χ0v) is 13.1. The summed E-state index contributed by atoms with van der Waals surface area (Å²) in [5.41, 5.74) is 1.85. The molecule has 2 rings (SSSR count). The number of amides is 1. The van der Waals surface area contributed by atoms with Crippen molar-refractivity contribution in [2.45, 2.75) is 34.1 Å². The number of carbonyl (C=O) groups excluding carboxylic acids is 1. The molecule has 2 aromatic rings. The average Bonchev–Trinajstić information content (AvgIpc) is 2.88. The fraction of sp³-hybridized carbons (Fsp3) is 0.400. The lowest BCUT2D eigenvalue weighted by molar-refractivity contribution is -0.119. The van der Waals surface area contributed by atoms with E-state index in [2.05, 4.69) is 20.4 Å². The van der Waals surface area contributed by atoms with Crippen LogP contribution in [0.1, 0.15) is 37.2 Å². The predicted molar refractivity (Wildman–Crippen MR) is 81.4 cm³/mol. The lowest BCUT2D eigenvalue weighted by atomic mass is 10.1. The van der Waals surface area contributed by atoms with Gasteiger partial charge in [-0.25, -0.2) is 9.97 Å². The molecule has 7 heteroatoms. The van der Waals surface area contributed by atoms with Gasteiger partial charge in [0, 0.05) is 17.3 Å². The first-order valence-corrected chi connectivity index (χ1v) is 7.07. The summed E-state index contributed by atoms with van der Waals surface area (Å²) in [6.07, 6.45) is 2.11. The molecule has 2 aromatic heterocycles. The minimum absolute atomic E-state index is 0.157. The Hall–Kier alpha value is -2.75. The third-order valence-electron chi connectivity index (χ3n) is 3.35. The summed E-state index contributed by atoms with van der Waals surface area (Å²) in [7, 11) is 0. The van der Waals surface area contributed by atoms with E-state index < -0.39 is 0 Å². The van der Waals surface area contributed by atoms with E-state index in [-0.39, 0.29) is 17.4 Å². The van der Waals surface area contributed by atoms with Gasteiger partial charge in [0.15, 0.2) is 5.82 Å². The molecule has 2 heterocycles. The molecule has 0 radical (unpaired) electrons. The lowest BCUT2D eigenvalue weighted by Gasteiger charge is -2.12. The maximum absolute atomic E-state index is 12.1. The van der Waals surface area contributed by atoms with Crippen LogP contribution in [0.15, 0.2) is 12.3 Å². The molecular formula is C15H18N6O. The Morgan fingerprint density at radius 1 is 1.41 bits per heavy atom. The van der Waals surface area contributed by atoms with E-state index in [4.69, 9.17) is 0 Å². The zero-order chi connectivity index (χ0) is 16.3. The number of hydrogen-bond acceptors (Lipinski definition) is 5. The predicted octanol–water partition coefficient (Wildman–Crippen LogP) is 2.14. The van der Waals surface area contributed by atoms with Crippen molar-refractivity contribution in [1.82, 2.24) is 19.7 Å². The number of nitriles is 1. The zero-order valence-electron chi connectivity index (χ0n) is 13.1. The second-order valence-electron chi connectivity index (χ2n) is 5.18. The van der Waals surface area contributed by atoms with Gasteiger partial charge in [0.2, 0.25) is 5.91 Å². The Morgan fingerprint density at radius 3 is 2.59 bits per heavy atom. The summed E-state index contributed by atoms with van der Waals surface area (Å²) in [6.45, 7) is 7.46. The summed E-state index contributed by atoms with van der Waals surface area (Å²) < 4.78 is 1.39. The van der Waals surface area contributed by atoms with Gasteiger partial charge in [-0.2, -0.15) is 15.0 Å². The van der Waals surface area contributed by atoms with Crippen LogP contribution in [0.4, 0.5) is 5.82 Å². The fourth-order valence-electron chi connectivity index (χ4n) is 1.93. The van der Waals surface area contributed by atoms with Crippen LogP contribution in [0.3, 0.4) is 0 Å². The fourth-order valence-corrected chi connectivity index (χ4v) is 1.93. The molecule has 22 heavy (non-hydrogen) atoms. The van der Waals surface area contributed by atoms with Crippen LogP contribution in [0, 0.1) is 31.1 Å². The van der Waals surface area contributed by atoms with Crippen LogP contribution < -0.4 is 5.32 Å². The van der Waals surface area contributed by atoms with Crippen molar-refractivity contribution < 1.29 is 4.79 Å². The highest BCUT2D eigenvalue weighted by atomic mass is 16.2. The van der Waals surface area contributed by atoms with E-state index in [0.717, 1.165) is 11.4 Å². The first-order chi connectivity index (χ1) is 10.5. The second kappa shape index (κ2) is 6.35. The Bertz CT molecular complexity index is 723. The number of aromatic nitrogens is 4. The Kier molecular flexibility index (Phi) is 4.51. The molecule has 0 saturated carbocycles. The van der Waals surface area contributed by atoms with E-state index in [1.165, 1.54) is 10.9 Å². The molecule has 1 atom stereocenters. The van der Waals surface area contributed by atoms with Crippen molar-refractivity contribution >= 4 is 11.7 Å². The van der Waals surface area contributed by atoms with Crippen molar-refractivity contribution in [2.75, 3.05) is 5.32 Å². The lowest BCUT2D eigenvalue weighted by Crippen LogP contribution is -2.22. The highest BCUT2D eigenvalue weighted by Gasteiger charge is 2.19. The van der Waals surface area contributed by atoms with Gasteiger partial charge in [0.25, 0.3) is 5.95 Å². The average molecular weight is 298 g/mol. The summed E-state index contributed by atoms with van der Waals surface area (Å²) >= 11 is 0. The van der Waals surface area contributed by atoms with Crippen molar-refractivity contribution in [2.24, 2.45) is 5.92 Å². The van der Waals surface area contributed by atoms with Gasteiger partial charge in [-0.05, 0) is 26.3 Å². The Morgan fingerprint density at radius 2 is 2.05 bits per heavy atom. The normalized spacial score (nSPS) is 11.8. The first kappa shape index (κ1) is 15.6. The molecule has 0 bridgehead atoms. The molecule has 0 aliphatic heterocycles. The molecule has 0 saturated heterocycles. The molecule has 0 unspecified atom stereocenters. The number of aryl methyl sites for hydroxylation is 2. The van der Waals surface area contributed by atoms with E-state index in [1.54, 1.807) is 0 Å². The standard InChI is InChI=1S/C15H18N6O/c1-5-9(2)14(22)20-13-12(7-16)8-17-21(13)15-18-10(3)6-11(4)19-15/h6,8-9H,5H2,1-4H3,(H,20,22)/t9-/m1/s1. The summed E-state index contributed by atoms with van der Waals surface area (Å²) in [5.74, 6) is 0.316. The number of rotatable bonds is 4. The second-order valence-corrected chi connectivity index (χ2v) is 5.18. The largest absolute Gasteiger partial charge is 0.309 e. The molecular weight excluding hydrogens is 280 g/mol. The molecule has 1 N–H and O–H groups in total. The monoisotopic (exact) mass is 298 g/mol. The van der Waals surface area contributed by atoms with E-state index in [0.29, 0.717) is 18.2 Å². The van der Waals surface area contributed by atoms with E-state index in [1.807, 2.05) is 39.8 Å². The van der Waals surface area contributed by atoms with Crippen LogP contribution in [0.5, 0.6) is 0 Å². The smallest absolute Gasteiger partial charge is 0.252 e. The Balaban J connectivity index is 2.47. The molecule has 0 fully saturated rings. The number of carbonyl (C=O) groups is 1. The maximum Gasteiger partial charge on any atom is 0.252 e. The van der Waals surface area contributed by atoms with E-state index >= 15 is 0 Å². The number of nitrogens with one attached hydrogen (secondary N) is 1. The van der Waals surface area contributed by atoms with Gasteiger partial charge >= 0.3 is 0 Å². The van der Waals surface area contributed by atoms with Crippen LogP contribution in [0.25, 0.3) is 5.95 Å². The van der Waals surface area contributed by atoms with Gasteiger partial charge in [-0.1, -0.05) is 13.8 Å². The highest BCUT2D eigenvalue weighted by Crippen LogP contribution is 2.19. The third-order valence-corrected chi connectivity index (χ3v) is 3.35. The summed E-state index contributed by atoms with van der Waals surface area (Å²) in [6, 6.07) is 3.87. The molecule has 1 amide bonds. The minimum atomic E-state index is -0.162. The van der Waals surface area contributed by atoms with Gasteiger partial charge in [-0.15, -0.1) is 0 Å². The van der Waals surface area contributed by atoms with E-state index in [9.17, 15) is 10.1 Å². The molecule has 0 spiro atoms. The third kappa shape index (κ3) is 3.11. The maximum atomic E-state index is 12.1. The minimum Gasteiger partial charge on any atom is -0.309 e. The van der Waals surface area contributed by atoms with Crippen LogP contribution in [-0.4, -0.2) is 25.7 Å². The quantitative estimate of drug-likeness (QED) is 0.932. The van der Waals surface area contributed by atoms with Crippen LogP contribution in [-0.2, 0) is 4.79 Å². The number of nitrogens with zero attached hydrogens (tertiary/aromatic N) is 5. The topological polar surface area (TPSA) is 96.5 Å². The van der Waals surface area contributed by atoms with Crippen molar-refractivity contribution in [1.29, 1.82) is 5.26 Å². The summed E-state index contributed by atoms with van der Waals surface area (Å²) in [4.78, 5) is 20.8. The van der Waals surface area contributed by atoms with Gasteiger partial charge in [0.05, 0.1) is 6.20 Å². The number of hydrogen-bond donors (Lipinski definition) is 1. The van der Waals surface area contributed by atoms with Crippen molar-refractivity contribution in [3.8, 4) is 12.0 Å². The van der Waals surface area contributed by atoms with Gasteiger partial charge < -0.3 is 5.32 Å². The summed E-state index contributed by atoms with van der Waals surface area (Å²) in [5, 5.41) is 16.1. The first-order valence-electron chi connectivity index (χ1n) is 7.07. The van der Waals surface area contributed by atoms with Crippen molar-refractivity contribution in [3.63, 3.8) is 0 Å². The van der Waals surface area contributed by atoms with Crippen molar-refractivity contribution in [3.05, 3.63) is 29.2 Å². The molecule has 7 nitrogen and oxygen atoms in total. The highest BCUT2D eigenvalue weighted by molar-refractivity contribution is 5.92. The molecule has 0 aliphatic rings. The molecule has 0 aliphatic carbocycles. The number of anilines is 1. The molecule has 0 aromatic carbocycles. The SMILES string of the molecule is CC[C@@H](C)C(=O)Nc1c(C#N)cnn1-c1nc(C)cc(C)n1.